The largest absolute Gasteiger partial charge is 0.507 e. The van der Waals surface area contributed by atoms with Gasteiger partial charge in [0.2, 0.25) is 5.78 Å². The second kappa shape index (κ2) is 7.13. The van der Waals surface area contributed by atoms with E-state index in [1.54, 1.807) is 25.3 Å². The third-order valence-electron chi connectivity index (χ3n) is 4.05. The van der Waals surface area contributed by atoms with Gasteiger partial charge in [0.1, 0.15) is 11.3 Å². The first-order valence-electron chi connectivity index (χ1n) is 7.97. The van der Waals surface area contributed by atoms with Gasteiger partial charge in [0.25, 0.3) is 0 Å². The maximum Gasteiger partial charge on any atom is 0.342 e. The lowest BCUT2D eigenvalue weighted by Crippen LogP contribution is -2.15. The monoisotopic (exact) mass is 370 g/mol. The number of ketones is 1. The SMILES string of the molecule is Cc1ccc(C(=O)OCC(=O)c2cc(C)n(-c3nccs3)c2C)c(O)c1. The molecule has 1 aromatic carbocycles. The Morgan fingerprint density at radius 3 is 2.62 bits per heavy atom. The van der Waals surface area contributed by atoms with Crippen molar-refractivity contribution in [3.63, 3.8) is 0 Å². The first kappa shape index (κ1) is 17.9. The Morgan fingerprint density at radius 2 is 1.96 bits per heavy atom. The smallest absolute Gasteiger partial charge is 0.342 e. The normalized spacial score (nSPS) is 10.7. The van der Waals surface area contributed by atoms with Crippen LogP contribution in [0, 0.1) is 20.8 Å². The average molecular weight is 370 g/mol. The number of phenols is 1. The summed E-state index contributed by atoms with van der Waals surface area (Å²) >= 11 is 1.48. The van der Waals surface area contributed by atoms with Crippen molar-refractivity contribution in [2.75, 3.05) is 6.61 Å². The first-order valence-corrected chi connectivity index (χ1v) is 8.85. The minimum absolute atomic E-state index is 0.0386. The number of esters is 1. The standard InChI is InChI=1S/C19H18N2O4S/c1-11-4-5-14(16(22)8-11)18(24)25-10-17(23)15-9-12(2)21(13(15)3)19-20-6-7-26-19/h4-9,22H,10H2,1-3H3. The van der Waals surface area contributed by atoms with E-state index >= 15 is 0 Å². The summed E-state index contributed by atoms with van der Waals surface area (Å²) in [5, 5.41) is 12.5. The molecule has 3 aromatic rings. The van der Waals surface area contributed by atoms with Crippen LogP contribution in [0.4, 0.5) is 0 Å². The fourth-order valence-corrected chi connectivity index (χ4v) is 3.52. The van der Waals surface area contributed by atoms with Crippen LogP contribution in [0.25, 0.3) is 5.13 Å². The number of hydrogen-bond acceptors (Lipinski definition) is 6. The van der Waals surface area contributed by atoms with Gasteiger partial charge in [-0.15, -0.1) is 11.3 Å². The molecule has 3 rings (SSSR count). The second-order valence-corrected chi connectivity index (χ2v) is 6.83. The van der Waals surface area contributed by atoms with E-state index in [0.717, 1.165) is 22.1 Å². The minimum atomic E-state index is -0.732. The molecular formula is C19H18N2O4S. The molecule has 0 saturated heterocycles. The van der Waals surface area contributed by atoms with Crippen LogP contribution >= 0.6 is 11.3 Å². The highest BCUT2D eigenvalue weighted by atomic mass is 32.1. The Labute approximate surface area is 154 Å². The van der Waals surface area contributed by atoms with Gasteiger partial charge in [-0.25, -0.2) is 9.78 Å². The molecule has 0 atom stereocenters. The Kier molecular flexibility index (Phi) is 4.90. The molecule has 0 aliphatic heterocycles. The zero-order chi connectivity index (χ0) is 18.8. The average Bonchev–Trinajstić information content (AvgIpc) is 3.20. The summed E-state index contributed by atoms with van der Waals surface area (Å²) in [4.78, 5) is 28.9. The Hall–Kier alpha value is -2.93. The number of thiazole rings is 1. The molecule has 2 heterocycles. The van der Waals surface area contributed by atoms with E-state index in [0.29, 0.717) is 5.56 Å². The van der Waals surface area contributed by atoms with Crippen LogP contribution in [0.5, 0.6) is 5.75 Å². The molecule has 7 heteroatoms. The van der Waals surface area contributed by atoms with Gasteiger partial charge in [-0.2, -0.15) is 0 Å². The number of hydrogen-bond donors (Lipinski definition) is 1. The van der Waals surface area contributed by atoms with Crippen LogP contribution in [0.1, 0.15) is 37.7 Å². The quantitative estimate of drug-likeness (QED) is 0.548. The summed E-state index contributed by atoms with van der Waals surface area (Å²) in [7, 11) is 0. The van der Waals surface area contributed by atoms with Crippen molar-refractivity contribution < 1.29 is 19.4 Å². The highest BCUT2D eigenvalue weighted by molar-refractivity contribution is 7.12. The molecule has 2 aromatic heterocycles. The number of benzene rings is 1. The molecular weight excluding hydrogens is 352 g/mol. The van der Waals surface area contributed by atoms with Gasteiger partial charge >= 0.3 is 5.97 Å². The second-order valence-electron chi connectivity index (χ2n) is 5.95. The van der Waals surface area contributed by atoms with Crippen molar-refractivity contribution >= 4 is 23.1 Å². The predicted molar refractivity (Wildman–Crippen MR) is 98.4 cm³/mol. The van der Waals surface area contributed by atoms with Crippen molar-refractivity contribution in [1.29, 1.82) is 0 Å². The minimum Gasteiger partial charge on any atom is -0.507 e. The molecule has 0 aliphatic rings. The summed E-state index contributed by atoms with van der Waals surface area (Å²) in [6.07, 6.45) is 1.70. The number of aromatic hydroxyl groups is 1. The third kappa shape index (κ3) is 3.39. The molecule has 1 N–H and O–H groups in total. The maximum atomic E-state index is 12.5. The lowest BCUT2D eigenvalue weighted by Gasteiger charge is -2.07. The number of carbonyl (C=O) groups excluding carboxylic acids is 2. The summed E-state index contributed by atoms with van der Waals surface area (Å²) in [5.74, 6) is -1.20. The van der Waals surface area contributed by atoms with Crippen LogP contribution in [0.3, 0.4) is 0 Å². The fraction of sp³-hybridized carbons (Fsp3) is 0.211. The summed E-state index contributed by atoms with van der Waals surface area (Å²) in [5.41, 5.74) is 2.97. The predicted octanol–water partition coefficient (Wildman–Crippen LogP) is 3.60. The highest BCUT2D eigenvalue weighted by Crippen LogP contribution is 2.23. The maximum absolute atomic E-state index is 12.5. The van der Waals surface area contributed by atoms with Gasteiger partial charge in [0.05, 0.1) is 0 Å². The van der Waals surface area contributed by atoms with Crippen molar-refractivity contribution in [2.24, 2.45) is 0 Å². The van der Waals surface area contributed by atoms with Gasteiger partial charge in [0, 0.05) is 28.5 Å². The van der Waals surface area contributed by atoms with E-state index in [1.807, 2.05) is 23.8 Å². The first-order chi connectivity index (χ1) is 12.4. The number of ether oxygens (including phenoxy) is 1. The number of Topliss-reactive ketones (excluding diaryl/α,β-unsaturated/α-hetero) is 1. The van der Waals surface area contributed by atoms with E-state index in [1.165, 1.54) is 23.5 Å². The summed E-state index contributed by atoms with van der Waals surface area (Å²) in [6, 6.07) is 6.40. The molecule has 0 radical (unpaired) electrons. The van der Waals surface area contributed by atoms with Crippen LogP contribution in [0.2, 0.25) is 0 Å². The van der Waals surface area contributed by atoms with Crippen molar-refractivity contribution in [3.8, 4) is 10.9 Å². The van der Waals surface area contributed by atoms with E-state index in [-0.39, 0.29) is 17.1 Å². The van der Waals surface area contributed by atoms with Gasteiger partial charge in [-0.3, -0.25) is 9.36 Å². The van der Waals surface area contributed by atoms with Crippen LogP contribution in [-0.4, -0.2) is 33.0 Å². The van der Waals surface area contributed by atoms with Crippen molar-refractivity contribution in [1.82, 2.24) is 9.55 Å². The number of carbonyl (C=O) groups is 2. The number of nitrogens with zero attached hydrogens (tertiary/aromatic N) is 2. The molecule has 26 heavy (non-hydrogen) atoms. The molecule has 0 saturated carbocycles. The molecule has 0 amide bonds. The van der Waals surface area contributed by atoms with Crippen LogP contribution < -0.4 is 0 Å². The zero-order valence-corrected chi connectivity index (χ0v) is 15.5. The lowest BCUT2D eigenvalue weighted by atomic mass is 10.1. The summed E-state index contributed by atoms with van der Waals surface area (Å²) in [6.45, 7) is 5.13. The molecule has 0 spiro atoms. The van der Waals surface area contributed by atoms with E-state index < -0.39 is 12.6 Å². The molecule has 134 valence electrons. The van der Waals surface area contributed by atoms with E-state index in [4.69, 9.17) is 4.74 Å². The Balaban J connectivity index is 1.75. The fourth-order valence-electron chi connectivity index (χ4n) is 2.77. The van der Waals surface area contributed by atoms with Gasteiger partial charge in [0.15, 0.2) is 11.7 Å². The topological polar surface area (TPSA) is 81.4 Å². The molecule has 0 bridgehead atoms. The van der Waals surface area contributed by atoms with Gasteiger partial charge in [-0.1, -0.05) is 6.07 Å². The van der Waals surface area contributed by atoms with Crippen molar-refractivity contribution in [2.45, 2.75) is 20.8 Å². The number of phenolic OH excluding ortho intramolecular Hbond substituents is 1. The van der Waals surface area contributed by atoms with Crippen LogP contribution in [0.15, 0.2) is 35.8 Å². The van der Waals surface area contributed by atoms with Gasteiger partial charge < -0.3 is 9.84 Å². The molecule has 0 aliphatic carbocycles. The van der Waals surface area contributed by atoms with E-state index in [9.17, 15) is 14.7 Å². The molecule has 0 unspecified atom stereocenters. The van der Waals surface area contributed by atoms with Gasteiger partial charge in [-0.05, 0) is 44.5 Å². The third-order valence-corrected chi connectivity index (χ3v) is 4.81. The Morgan fingerprint density at radius 1 is 1.19 bits per heavy atom. The number of rotatable bonds is 5. The van der Waals surface area contributed by atoms with Crippen molar-refractivity contribution in [3.05, 3.63) is 63.9 Å². The Bertz CT molecular complexity index is 974. The molecule has 0 fully saturated rings. The summed E-state index contributed by atoms with van der Waals surface area (Å²) < 4.78 is 6.98. The lowest BCUT2D eigenvalue weighted by molar-refractivity contribution is 0.0471. The number of aromatic nitrogens is 2. The number of aryl methyl sites for hydroxylation is 2. The molecule has 6 nitrogen and oxygen atoms in total. The zero-order valence-electron chi connectivity index (χ0n) is 14.6. The van der Waals surface area contributed by atoms with Crippen LogP contribution in [-0.2, 0) is 4.74 Å². The highest BCUT2D eigenvalue weighted by Gasteiger charge is 2.20. The van der Waals surface area contributed by atoms with E-state index in [2.05, 4.69) is 4.98 Å².